The van der Waals surface area contributed by atoms with E-state index in [1.165, 1.54) is 11.8 Å². The SMILES string of the molecule is CCC(Sc1nccn1C)C(=O)Nc1cc(C)c(Cl)cc1OC. The third kappa shape index (κ3) is 4.20. The van der Waals surface area contributed by atoms with E-state index in [2.05, 4.69) is 10.3 Å². The van der Waals surface area contributed by atoms with Gasteiger partial charge in [-0.1, -0.05) is 30.3 Å². The summed E-state index contributed by atoms with van der Waals surface area (Å²) in [4.78, 5) is 16.8. The minimum Gasteiger partial charge on any atom is -0.495 e. The van der Waals surface area contributed by atoms with Gasteiger partial charge in [0.2, 0.25) is 5.91 Å². The number of carbonyl (C=O) groups excluding carboxylic acids is 1. The molecular formula is C16H20ClN3O2S. The molecule has 7 heteroatoms. The summed E-state index contributed by atoms with van der Waals surface area (Å²) in [6.45, 7) is 3.86. The summed E-state index contributed by atoms with van der Waals surface area (Å²) < 4.78 is 7.19. The third-order valence-electron chi connectivity index (χ3n) is 3.43. The maximum Gasteiger partial charge on any atom is 0.238 e. The van der Waals surface area contributed by atoms with Gasteiger partial charge < -0.3 is 14.6 Å². The van der Waals surface area contributed by atoms with Crippen LogP contribution >= 0.6 is 23.4 Å². The lowest BCUT2D eigenvalue weighted by Gasteiger charge is -2.17. The molecule has 0 fully saturated rings. The Morgan fingerprint density at radius 1 is 1.52 bits per heavy atom. The molecule has 0 radical (unpaired) electrons. The number of anilines is 1. The van der Waals surface area contributed by atoms with E-state index in [1.54, 1.807) is 19.4 Å². The number of hydrogen-bond acceptors (Lipinski definition) is 4. The summed E-state index contributed by atoms with van der Waals surface area (Å²) in [6, 6.07) is 3.52. The highest BCUT2D eigenvalue weighted by Crippen LogP contribution is 2.32. The fourth-order valence-corrected chi connectivity index (χ4v) is 3.15. The van der Waals surface area contributed by atoms with Crippen molar-refractivity contribution in [1.82, 2.24) is 9.55 Å². The summed E-state index contributed by atoms with van der Waals surface area (Å²) in [6.07, 6.45) is 4.27. The third-order valence-corrected chi connectivity index (χ3v) is 5.27. The first kappa shape index (κ1) is 17.7. The Morgan fingerprint density at radius 3 is 2.83 bits per heavy atom. The van der Waals surface area contributed by atoms with Crippen molar-refractivity contribution in [3.63, 3.8) is 0 Å². The van der Waals surface area contributed by atoms with Crippen molar-refractivity contribution >= 4 is 35.0 Å². The van der Waals surface area contributed by atoms with Gasteiger partial charge in [-0.3, -0.25) is 4.79 Å². The molecule has 0 saturated heterocycles. The van der Waals surface area contributed by atoms with Crippen LogP contribution < -0.4 is 10.1 Å². The lowest BCUT2D eigenvalue weighted by atomic mass is 10.2. The van der Waals surface area contributed by atoms with Crippen molar-refractivity contribution in [3.8, 4) is 5.75 Å². The van der Waals surface area contributed by atoms with Gasteiger partial charge in [-0.2, -0.15) is 0 Å². The highest BCUT2D eigenvalue weighted by molar-refractivity contribution is 8.00. The molecule has 1 aromatic carbocycles. The van der Waals surface area contributed by atoms with Crippen LogP contribution in [0.2, 0.25) is 5.02 Å². The molecule has 0 aliphatic rings. The first-order chi connectivity index (χ1) is 11.0. The van der Waals surface area contributed by atoms with Gasteiger partial charge in [0, 0.05) is 30.5 Å². The number of ether oxygens (including phenoxy) is 1. The maximum absolute atomic E-state index is 12.6. The first-order valence-electron chi connectivity index (χ1n) is 7.25. The number of halogens is 1. The highest BCUT2D eigenvalue weighted by atomic mass is 35.5. The molecule has 1 unspecified atom stereocenters. The molecule has 1 heterocycles. The number of nitrogens with zero attached hydrogens (tertiary/aromatic N) is 2. The fraction of sp³-hybridized carbons (Fsp3) is 0.375. The Balaban J connectivity index is 2.16. The first-order valence-corrected chi connectivity index (χ1v) is 8.51. The van der Waals surface area contributed by atoms with E-state index in [0.29, 0.717) is 22.9 Å². The monoisotopic (exact) mass is 353 g/mol. The molecule has 1 N–H and O–H groups in total. The number of methoxy groups -OCH3 is 1. The molecule has 0 aliphatic carbocycles. The fourth-order valence-electron chi connectivity index (χ4n) is 2.06. The number of carbonyl (C=O) groups is 1. The van der Waals surface area contributed by atoms with Crippen LogP contribution in [-0.2, 0) is 11.8 Å². The summed E-state index contributed by atoms with van der Waals surface area (Å²) in [5, 5.41) is 4.11. The largest absolute Gasteiger partial charge is 0.495 e. The number of imidazole rings is 1. The van der Waals surface area contributed by atoms with Crippen molar-refractivity contribution in [2.75, 3.05) is 12.4 Å². The van der Waals surface area contributed by atoms with Crippen LogP contribution in [0, 0.1) is 6.92 Å². The quantitative estimate of drug-likeness (QED) is 0.800. The Kier molecular flexibility index (Phi) is 5.96. The minimum atomic E-state index is -0.239. The second-order valence-corrected chi connectivity index (χ2v) is 6.70. The van der Waals surface area contributed by atoms with Crippen molar-refractivity contribution in [2.24, 2.45) is 7.05 Å². The van der Waals surface area contributed by atoms with Crippen molar-refractivity contribution in [2.45, 2.75) is 30.7 Å². The number of nitrogens with one attached hydrogen (secondary N) is 1. The van der Waals surface area contributed by atoms with E-state index in [4.69, 9.17) is 16.3 Å². The molecule has 5 nitrogen and oxygen atoms in total. The lowest BCUT2D eigenvalue weighted by molar-refractivity contribution is -0.115. The number of amides is 1. The van der Waals surface area contributed by atoms with E-state index < -0.39 is 0 Å². The van der Waals surface area contributed by atoms with Crippen LogP contribution in [0.25, 0.3) is 0 Å². The molecule has 0 spiro atoms. The zero-order valence-electron chi connectivity index (χ0n) is 13.6. The standard InChI is InChI=1S/C16H20ClN3O2S/c1-5-14(23-16-18-6-7-20(16)3)15(21)19-12-8-10(2)11(17)9-13(12)22-4/h6-9,14H,5H2,1-4H3,(H,19,21). The Morgan fingerprint density at radius 2 is 2.26 bits per heavy atom. The predicted molar refractivity (Wildman–Crippen MR) is 94.5 cm³/mol. The van der Waals surface area contributed by atoms with E-state index in [0.717, 1.165) is 10.7 Å². The average molecular weight is 354 g/mol. The molecule has 124 valence electrons. The van der Waals surface area contributed by atoms with Crippen LogP contribution in [0.5, 0.6) is 5.75 Å². The molecule has 1 amide bonds. The van der Waals surface area contributed by atoms with Gasteiger partial charge in [-0.15, -0.1) is 0 Å². The van der Waals surface area contributed by atoms with Crippen LogP contribution in [0.3, 0.4) is 0 Å². The molecule has 1 aromatic heterocycles. The van der Waals surface area contributed by atoms with Gasteiger partial charge in [0.1, 0.15) is 5.75 Å². The topological polar surface area (TPSA) is 56.2 Å². The molecule has 2 aromatic rings. The Hall–Kier alpha value is -1.66. The molecule has 23 heavy (non-hydrogen) atoms. The van der Waals surface area contributed by atoms with Gasteiger partial charge in [-0.25, -0.2) is 4.98 Å². The highest BCUT2D eigenvalue weighted by Gasteiger charge is 2.21. The number of thioether (sulfide) groups is 1. The maximum atomic E-state index is 12.6. The van der Waals surface area contributed by atoms with Crippen LogP contribution in [-0.4, -0.2) is 27.8 Å². The zero-order valence-corrected chi connectivity index (χ0v) is 15.2. The van der Waals surface area contributed by atoms with Gasteiger partial charge in [0.25, 0.3) is 0 Å². The summed E-state index contributed by atoms with van der Waals surface area (Å²) in [5.41, 5.74) is 1.51. The van der Waals surface area contributed by atoms with Gasteiger partial charge in [0.05, 0.1) is 18.0 Å². The normalized spacial score (nSPS) is 12.0. The van der Waals surface area contributed by atoms with Crippen molar-refractivity contribution in [3.05, 3.63) is 35.1 Å². The van der Waals surface area contributed by atoms with Crippen LogP contribution in [0.4, 0.5) is 5.69 Å². The molecule has 2 rings (SSSR count). The number of aryl methyl sites for hydroxylation is 2. The van der Waals surface area contributed by atoms with E-state index in [-0.39, 0.29) is 11.2 Å². The number of aromatic nitrogens is 2. The second kappa shape index (κ2) is 7.75. The smallest absolute Gasteiger partial charge is 0.238 e. The lowest BCUT2D eigenvalue weighted by Crippen LogP contribution is -2.25. The van der Waals surface area contributed by atoms with Gasteiger partial charge >= 0.3 is 0 Å². The molecule has 0 saturated carbocycles. The number of rotatable bonds is 6. The summed E-state index contributed by atoms with van der Waals surface area (Å²) >= 11 is 7.54. The molecule has 0 aliphatic heterocycles. The molecular weight excluding hydrogens is 334 g/mol. The second-order valence-electron chi connectivity index (χ2n) is 5.13. The predicted octanol–water partition coefficient (Wildman–Crippen LogP) is 3.90. The zero-order chi connectivity index (χ0) is 17.0. The van der Waals surface area contributed by atoms with Crippen molar-refractivity contribution < 1.29 is 9.53 Å². The summed E-state index contributed by atoms with van der Waals surface area (Å²) in [7, 11) is 3.46. The van der Waals surface area contributed by atoms with Crippen LogP contribution in [0.1, 0.15) is 18.9 Å². The summed E-state index contributed by atoms with van der Waals surface area (Å²) in [5.74, 6) is 0.464. The van der Waals surface area contributed by atoms with Gasteiger partial charge in [-0.05, 0) is 25.0 Å². The van der Waals surface area contributed by atoms with Crippen molar-refractivity contribution in [1.29, 1.82) is 0 Å². The van der Waals surface area contributed by atoms with E-state index >= 15 is 0 Å². The van der Waals surface area contributed by atoms with E-state index in [1.807, 2.05) is 37.7 Å². The number of benzene rings is 1. The molecule has 0 bridgehead atoms. The number of hydrogen-bond donors (Lipinski definition) is 1. The Bertz CT molecular complexity index is 703. The molecule has 1 atom stereocenters. The van der Waals surface area contributed by atoms with E-state index in [9.17, 15) is 4.79 Å². The van der Waals surface area contributed by atoms with Crippen LogP contribution in [0.15, 0.2) is 29.7 Å². The average Bonchev–Trinajstić information content (AvgIpc) is 2.93. The minimum absolute atomic E-state index is 0.0828. The Labute approximate surface area is 145 Å². The van der Waals surface area contributed by atoms with Gasteiger partial charge in [0.15, 0.2) is 5.16 Å².